The van der Waals surface area contributed by atoms with Gasteiger partial charge >= 0.3 is 0 Å². The quantitative estimate of drug-likeness (QED) is 0.724. The molecule has 0 saturated carbocycles. The van der Waals surface area contributed by atoms with Crippen LogP contribution in [0.25, 0.3) is 0 Å². The van der Waals surface area contributed by atoms with Crippen LogP contribution in [-0.2, 0) is 17.7 Å². The van der Waals surface area contributed by atoms with Crippen molar-refractivity contribution in [2.45, 2.75) is 39.3 Å². The van der Waals surface area contributed by atoms with E-state index >= 15 is 0 Å². The van der Waals surface area contributed by atoms with Crippen molar-refractivity contribution >= 4 is 5.91 Å². The predicted molar refractivity (Wildman–Crippen MR) is 72.1 cm³/mol. The van der Waals surface area contributed by atoms with Gasteiger partial charge in [-0.3, -0.25) is 9.48 Å². The third kappa shape index (κ3) is 4.33. The second-order valence-electron chi connectivity index (χ2n) is 4.33. The molecule has 108 valence electrons. The molecule has 0 aromatic carbocycles. The lowest BCUT2D eigenvalue weighted by Crippen LogP contribution is -2.39. The van der Waals surface area contributed by atoms with Crippen molar-refractivity contribution in [1.82, 2.24) is 15.1 Å². The highest BCUT2D eigenvalue weighted by Crippen LogP contribution is 2.06. The summed E-state index contributed by atoms with van der Waals surface area (Å²) in [4.78, 5) is 12.2. The Hall–Kier alpha value is -1.40. The molecule has 1 aromatic rings. The maximum Gasteiger partial charge on any atom is 0.269 e. The van der Waals surface area contributed by atoms with E-state index in [2.05, 4.69) is 10.4 Å². The highest BCUT2D eigenvalue weighted by molar-refractivity contribution is 5.92. The maximum absolute atomic E-state index is 12.2. The number of hydrogen-bond acceptors (Lipinski definition) is 4. The Morgan fingerprint density at radius 3 is 2.84 bits per heavy atom. The van der Waals surface area contributed by atoms with E-state index in [9.17, 15) is 4.79 Å². The summed E-state index contributed by atoms with van der Waals surface area (Å²) < 4.78 is 6.72. The zero-order valence-electron chi connectivity index (χ0n) is 11.8. The summed E-state index contributed by atoms with van der Waals surface area (Å²) in [7, 11) is 1.57. The van der Waals surface area contributed by atoms with Crippen LogP contribution in [0.4, 0.5) is 0 Å². The lowest BCUT2D eigenvalue weighted by atomic mass is 10.2. The third-order valence-electron chi connectivity index (χ3n) is 2.91. The van der Waals surface area contributed by atoms with Gasteiger partial charge in [-0.2, -0.15) is 5.10 Å². The van der Waals surface area contributed by atoms with E-state index in [0.717, 1.165) is 12.1 Å². The van der Waals surface area contributed by atoms with E-state index in [1.165, 1.54) is 0 Å². The normalized spacial score (nSPS) is 12.4. The smallest absolute Gasteiger partial charge is 0.269 e. The van der Waals surface area contributed by atoms with E-state index in [1.54, 1.807) is 11.8 Å². The summed E-state index contributed by atoms with van der Waals surface area (Å²) in [5.74, 6) is -0.176. The van der Waals surface area contributed by atoms with Gasteiger partial charge in [-0.15, -0.1) is 0 Å². The average molecular weight is 269 g/mol. The molecule has 6 nitrogen and oxygen atoms in total. The minimum atomic E-state index is -0.187. The number of nitrogens with zero attached hydrogens (tertiary/aromatic N) is 2. The second-order valence-corrected chi connectivity index (χ2v) is 4.33. The van der Waals surface area contributed by atoms with Crippen LogP contribution in [0.15, 0.2) is 6.07 Å². The molecule has 1 heterocycles. The fraction of sp³-hybridized carbons (Fsp3) is 0.692. The highest BCUT2D eigenvalue weighted by atomic mass is 16.5. The Labute approximate surface area is 113 Å². The first-order valence-electron chi connectivity index (χ1n) is 6.63. The molecule has 1 amide bonds. The van der Waals surface area contributed by atoms with Crippen LogP contribution in [0.5, 0.6) is 0 Å². The van der Waals surface area contributed by atoms with Gasteiger partial charge in [0.05, 0.1) is 18.3 Å². The standard InChI is InChI=1S/C13H23N3O3/c1-4-10-8-12(16(5-2)15-10)13(18)14-11(6-7-17)9-19-3/h8,11,17H,4-7,9H2,1-3H3,(H,14,18). The SMILES string of the molecule is CCc1cc(C(=O)NC(CCO)COC)n(CC)n1. The summed E-state index contributed by atoms with van der Waals surface area (Å²) in [6.45, 7) is 5.00. The van der Waals surface area contributed by atoms with Crippen LogP contribution >= 0.6 is 0 Å². The zero-order valence-corrected chi connectivity index (χ0v) is 11.8. The fourth-order valence-electron chi connectivity index (χ4n) is 1.88. The highest BCUT2D eigenvalue weighted by Gasteiger charge is 2.17. The van der Waals surface area contributed by atoms with Crippen LogP contribution in [0, 0.1) is 0 Å². The minimum absolute atomic E-state index is 0.0154. The number of aromatic nitrogens is 2. The number of methoxy groups -OCH3 is 1. The molecule has 0 radical (unpaired) electrons. The molecule has 0 saturated heterocycles. The average Bonchev–Trinajstić information content (AvgIpc) is 2.82. The number of aliphatic hydroxyl groups excluding tert-OH is 1. The Bertz CT molecular complexity index is 398. The van der Waals surface area contributed by atoms with Gasteiger partial charge in [0, 0.05) is 20.3 Å². The monoisotopic (exact) mass is 269 g/mol. The molecule has 1 rings (SSSR count). The van der Waals surface area contributed by atoms with Gasteiger partial charge in [0.2, 0.25) is 0 Å². The minimum Gasteiger partial charge on any atom is -0.396 e. The van der Waals surface area contributed by atoms with Crippen molar-refractivity contribution in [3.63, 3.8) is 0 Å². The van der Waals surface area contributed by atoms with Crippen molar-refractivity contribution < 1.29 is 14.6 Å². The summed E-state index contributed by atoms with van der Waals surface area (Å²) in [5, 5.41) is 16.2. The van der Waals surface area contributed by atoms with E-state index in [4.69, 9.17) is 9.84 Å². The molecule has 0 aliphatic carbocycles. The third-order valence-corrected chi connectivity index (χ3v) is 2.91. The molecule has 1 atom stereocenters. The van der Waals surface area contributed by atoms with Crippen molar-refractivity contribution in [3.05, 3.63) is 17.5 Å². The molecule has 0 aliphatic rings. The number of hydrogen-bond donors (Lipinski definition) is 2. The number of aliphatic hydroxyl groups is 1. The summed E-state index contributed by atoms with van der Waals surface area (Å²) in [6.07, 6.45) is 1.27. The number of carbonyl (C=O) groups is 1. The van der Waals surface area contributed by atoms with Crippen LogP contribution in [0.3, 0.4) is 0 Å². The first kappa shape index (κ1) is 15.7. The predicted octanol–water partition coefficient (Wildman–Crippen LogP) is 0.593. The van der Waals surface area contributed by atoms with Gasteiger partial charge in [0.25, 0.3) is 5.91 Å². The van der Waals surface area contributed by atoms with Gasteiger partial charge in [0.15, 0.2) is 0 Å². The first-order valence-corrected chi connectivity index (χ1v) is 6.63. The molecule has 19 heavy (non-hydrogen) atoms. The molecule has 1 unspecified atom stereocenters. The van der Waals surface area contributed by atoms with E-state index in [-0.39, 0.29) is 18.6 Å². The van der Waals surface area contributed by atoms with Crippen molar-refractivity contribution in [1.29, 1.82) is 0 Å². The van der Waals surface area contributed by atoms with Gasteiger partial charge in [0.1, 0.15) is 5.69 Å². The van der Waals surface area contributed by atoms with Crippen LogP contribution in [-0.4, -0.2) is 47.2 Å². The Morgan fingerprint density at radius 1 is 1.58 bits per heavy atom. The molecule has 0 aliphatic heterocycles. The Balaban J connectivity index is 2.77. The maximum atomic E-state index is 12.2. The number of nitrogens with one attached hydrogen (secondary N) is 1. The number of carbonyl (C=O) groups excluding carboxylic acids is 1. The van der Waals surface area contributed by atoms with Crippen molar-refractivity contribution in [2.24, 2.45) is 0 Å². The number of aryl methyl sites for hydroxylation is 2. The first-order chi connectivity index (χ1) is 9.15. The lowest BCUT2D eigenvalue weighted by Gasteiger charge is -2.16. The molecular weight excluding hydrogens is 246 g/mol. The van der Waals surface area contributed by atoms with Gasteiger partial charge in [-0.1, -0.05) is 6.92 Å². The van der Waals surface area contributed by atoms with Crippen LogP contribution < -0.4 is 5.32 Å². The molecular formula is C13H23N3O3. The molecule has 2 N–H and O–H groups in total. The van der Waals surface area contributed by atoms with Gasteiger partial charge in [-0.05, 0) is 25.8 Å². The van der Waals surface area contributed by atoms with Crippen molar-refractivity contribution in [2.75, 3.05) is 20.3 Å². The van der Waals surface area contributed by atoms with E-state index < -0.39 is 0 Å². The molecule has 0 fully saturated rings. The molecule has 0 spiro atoms. The molecule has 0 bridgehead atoms. The topological polar surface area (TPSA) is 76.4 Å². The zero-order chi connectivity index (χ0) is 14.3. The Morgan fingerprint density at radius 2 is 2.32 bits per heavy atom. The van der Waals surface area contributed by atoms with E-state index in [0.29, 0.717) is 25.3 Å². The summed E-state index contributed by atoms with van der Waals surface area (Å²) in [6, 6.07) is 1.62. The van der Waals surface area contributed by atoms with E-state index in [1.807, 2.05) is 19.9 Å². The number of rotatable bonds is 8. The van der Waals surface area contributed by atoms with Crippen LogP contribution in [0.2, 0.25) is 0 Å². The molecule has 1 aromatic heterocycles. The van der Waals surface area contributed by atoms with Gasteiger partial charge in [-0.25, -0.2) is 0 Å². The number of ether oxygens (including phenoxy) is 1. The summed E-state index contributed by atoms with van der Waals surface area (Å²) >= 11 is 0. The largest absolute Gasteiger partial charge is 0.396 e. The Kier molecular flexibility index (Phi) is 6.52. The van der Waals surface area contributed by atoms with Crippen LogP contribution in [0.1, 0.15) is 36.5 Å². The van der Waals surface area contributed by atoms with Gasteiger partial charge < -0.3 is 15.2 Å². The lowest BCUT2D eigenvalue weighted by molar-refractivity contribution is 0.0868. The molecule has 6 heteroatoms. The van der Waals surface area contributed by atoms with Crippen molar-refractivity contribution in [3.8, 4) is 0 Å². The number of amides is 1. The second kappa shape index (κ2) is 7.91. The summed E-state index contributed by atoms with van der Waals surface area (Å²) in [5.41, 5.74) is 1.45. The fourth-order valence-corrected chi connectivity index (χ4v) is 1.88.